The molecule has 2 unspecified atom stereocenters. The van der Waals surface area contributed by atoms with E-state index in [0.29, 0.717) is 0 Å². The molecule has 1 heterocycles. The zero-order valence-corrected chi connectivity index (χ0v) is 8.96. The smallest absolute Gasteiger partial charge is 0.104 e. The van der Waals surface area contributed by atoms with E-state index in [-0.39, 0.29) is 12.5 Å². The topological polar surface area (TPSA) is 40.5 Å². The van der Waals surface area contributed by atoms with Crippen LogP contribution >= 0.6 is 11.3 Å². The van der Waals surface area contributed by atoms with Crippen molar-refractivity contribution in [2.75, 3.05) is 6.61 Å². The van der Waals surface area contributed by atoms with Gasteiger partial charge in [-0.3, -0.25) is 0 Å². The van der Waals surface area contributed by atoms with Crippen LogP contribution in [0.25, 0.3) is 0 Å². The Kier molecular flexibility index (Phi) is 2.91. The van der Waals surface area contributed by atoms with Crippen LogP contribution in [0.2, 0.25) is 0 Å². The third-order valence-electron chi connectivity index (χ3n) is 3.20. The van der Waals surface area contributed by atoms with Crippen LogP contribution in [0.5, 0.6) is 0 Å². The minimum atomic E-state index is -0.763. The molecule has 0 aromatic carbocycles. The van der Waals surface area contributed by atoms with E-state index in [2.05, 4.69) is 0 Å². The number of hydrogen-bond donors (Lipinski definition) is 2. The molecular weight excluding hydrogens is 196 g/mol. The van der Waals surface area contributed by atoms with Gasteiger partial charge < -0.3 is 10.2 Å². The summed E-state index contributed by atoms with van der Waals surface area (Å²) in [6, 6.07) is 3.93. The fraction of sp³-hybridized carbons (Fsp3) is 0.636. The van der Waals surface area contributed by atoms with Gasteiger partial charge in [0.25, 0.3) is 0 Å². The van der Waals surface area contributed by atoms with E-state index in [9.17, 15) is 10.2 Å². The van der Waals surface area contributed by atoms with E-state index in [4.69, 9.17) is 0 Å². The van der Waals surface area contributed by atoms with Crippen LogP contribution < -0.4 is 0 Å². The van der Waals surface area contributed by atoms with Crippen LogP contribution in [0.4, 0.5) is 0 Å². The third-order valence-corrected chi connectivity index (χ3v) is 4.24. The van der Waals surface area contributed by atoms with Crippen LogP contribution in [-0.4, -0.2) is 16.8 Å². The van der Waals surface area contributed by atoms with Gasteiger partial charge in [-0.25, -0.2) is 0 Å². The molecule has 0 radical (unpaired) electrons. The number of rotatable bonds is 2. The van der Waals surface area contributed by atoms with Gasteiger partial charge in [0.05, 0.1) is 0 Å². The SMILES string of the molecule is OCC1CCCCC1(O)c1cccs1. The van der Waals surface area contributed by atoms with Crippen molar-refractivity contribution in [3.63, 3.8) is 0 Å². The summed E-state index contributed by atoms with van der Waals surface area (Å²) < 4.78 is 0. The van der Waals surface area contributed by atoms with E-state index in [1.165, 1.54) is 0 Å². The Labute approximate surface area is 88.2 Å². The van der Waals surface area contributed by atoms with E-state index < -0.39 is 5.60 Å². The van der Waals surface area contributed by atoms with Crippen molar-refractivity contribution in [2.24, 2.45) is 5.92 Å². The third kappa shape index (κ3) is 1.60. The van der Waals surface area contributed by atoms with Crippen LogP contribution in [0.15, 0.2) is 17.5 Å². The van der Waals surface area contributed by atoms with Crippen molar-refractivity contribution in [3.8, 4) is 0 Å². The Balaban J connectivity index is 2.27. The van der Waals surface area contributed by atoms with Gasteiger partial charge in [-0.1, -0.05) is 18.9 Å². The fourth-order valence-electron chi connectivity index (χ4n) is 2.32. The summed E-state index contributed by atoms with van der Waals surface area (Å²) in [5.41, 5.74) is -0.763. The lowest BCUT2D eigenvalue weighted by molar-refractivity contribution is -0.0701. The first-order valence-corrected chi connectivity index (χ1v) is 6.02. The van der Waals surface area contributed by atoms with E-state index in [0.717, 1.165) is 30.6 Å². The molecule has 0 amide bonds. The molecule has 0 spiro atoms. The van der Waals surface area contributed by atoms with E-state index >= 15 is 0 Å². The standard InChI is InChI=1S/C11H16O2S/c12-8-9-4-1-2-6-11(9,13)10-5-3-7-14-10/h3,5,7,9,12-13H,1-2,4,6,8H2. The second-order valence-electron chi connectivity index (χ2n) is 4.03. The molecular formula is C11H16O2S. The van der Waals surface area contributed by atoms with Gasteiger partial charge in [0, 0.05) is 17.4 Å². The molecule has 2 rings (SSSR count). The van der Waals surface area contributed by atoms with Gasteiger partial charge in [-0.15, -0.1) is 11.3 Å². The van der Waals surface area contributed by atoms with Crippen LogP contribution in [0.1, 0.15) is 30.6 Å². The predicted octanol–water partition coefficient (Wildman–Crippen LogP) is 2.12. The van der Waals surface area contributed by atoms with Crippen molar-refractivity contribution in [2.45, 2.75) is 31.3 Å². The van der Waals surface area contributed by atoms with Crippen molar-refractivity contribution in [1.29, 1.82) is 0 Å². The Morgan fingerprint density at radius 1 is 1.50 bits per heavy atom. The molecule has 0 saturated heterocycles. The number of aliphatic hydroxyl groups excluding tert-OH is 1. The molecule has 1 aliphatic rings. The van der Waals surface area contributed by atoms with Crippen molar-refractivity contribution >= 4 is 11.3 Å². The monoisotopic (exact) mass is 212 g/mol. The molecule has 3 heteroatoms. The maximum Gasteiger partial charge on any atom is 0.104 e. The van der Waals surface area contributed by atoms with Crippen LogP contribution in [0.3, 0.4) is 0 Å². The maximum atomic E-state index is 10.5. The quantitative estimate of drug-likeness (QED) is 0.788. The van der Waals surface area contributed by atoms with Crippen molar-refractivity contribution in [1.82, 2.24) is 0 Å². The molecule has 0 aliphatic heterocycles. The zero-order valence-electron chi connectivity index (χ0n) is 8.15. The van der Waals surface area contributed by atoms with Gasteiger partial charge in [0.1, 0.15) is 5.60 Å². The first-order chi connectivity index (χ1) is 6.77. The molecule has 78 valence electrons. The van der Waals surface area contributed by atoms with Gasteiger partial charge in [0.2, 0.25) is 0 Å². The minimum Gasteiger partial charge on any atom is -0.396 e. The van der Waals surface area contributed by atoms with Gasteiger partial charge in [0.15, 0.2) is 0 Å². The van der Waals surface area contributed by atoms with Crippen molar-refractivity contribution < 1.29 is 10.2 Å². The lowest BCUT2D eigenvalue weighted by Crippen LogP contribution is -2.39. The summed E-state index contributed by atoms with van der Waals surface area (Å²) in [7, 11) is 0. The molecule has 2 nitrogen and oxygen atoms in total. The number of thiophene rings is 1. The maximum absolute atomic E-state index is 10.5. The Hall–Kier alpha value is -0.380. The Morgan fingerprint density at radius 2 is 2.36 bits per heavy atom. The summed E-state index contributed by atoms with van der Waals surface area (Å²) in [6.45, 7) is 0.0917. The fourth-order valence-corrected chi connectivity index (χ4v) is 3.25. The molecule has 14 heavy (non-hydrogen) atoms. The highest BCUT2D eigenvalue weighted by atomic mass is 32.1. The molecule has 1 aromatic rings. The average Bonchev–Trinajstić information content (AvgIpc) is 2.72. The summed E-state index contributed by atoms with van der Waals surface area (Å²) in [5, 5.41) is 21.8. The molecule has 1 saturated carbocycles. The first kappa shape index (κ1) is 10.1. The normalized spacial score (nSPS) is 33.1. The summed E-state index contributed by atoms with van der Waals surface area (Å²) in [6.07, 6.45) is 3.91. The summed E-state index contributed by atoms with van der Waals surface area (Å²) in [5.74, 6) is 0.0231. The van der Waals surface area contributed by atoms with E-state index in [1.807, 2.05) is 17.5 Å². The molecule has 1 fully saturated rings. The van der Waals surface area contributed by atoms with Gasteiger partial charge in [-0.2, -0.15) is 0 Å². The zero-order chi connectivity index (χ0) is 10.0. The molecule has 2 N–H and O–H groups in total. The van der Waals surface area contributed by atoms with E-state index in [1.54, 1.807) is 11.3 Å². The summed E-state index contributed by atoms with van der Waals surface area (Å²) >= 11 is 1.59. The van der Waals surface area contributed by atoms with Crippen LogP contribution in [0, 0.1) is 5.92 Å². The highest BCUT2D eigenvalue weighted by molar-refractivity contribution is 7.10. The highest BCUT2D eigenvalue weighted by Crippen LogP contribution is 2.43. The van der Waals surface area contributed by atoms with Gasteiger partial charge >= 0.3 is 0 Å². The Morgan fingerprint density at radius 3 is 3.00 bits per heavy atom. The second-order valence-corrected chi connectivity index (χ2v) is 4.97. The van der Waals surface area contributed by atoms with Gasteiger partial charge in [-0.05, 0) is 24.3 Å². The Bertz CT molecular complexity index is 283. The number of aliphatic hydroxyl groups is 2. The predicted molar refractivity (Wildman–Crippen MR) is 57.3 cm³/mol. The molecule has 1 aromatic heterocycles. The minimum absolute atomic E-state index is 0.0231. The van der Waals surface area contributed by atoms with Crippen molar-refractivity contribution in [3.05, 3.63) is 22.4 Å². The highest BCUT2D eigenvalue weighted by Gasteiger charge is 2.40. The second kappa shape index (κ2) is 4.01. The largest absolute Gasteiger partial charge is 0.396 e. The summed E-state index contributed by atoms with van der Waals surface area (Å²) in [4.78, 5) is 1.01. The molecule has 2 atom stereocenters. The lowest BCUT2D eigenvalue weighted by atomic mass is 9.75. The average molecular weight is 212 g/mol. The molecule has 1 aliphatic carbocycles. The van der Waals surface area contributed by atoms with Crippen LogP contribution in [-0.2, 0) is 5.60 Å². The number of hydrogen-bond acceptors (Lipinski definition) is 3. The molecule has 0 bridgehead atoms. The first-order valence-electron chi connectivity index (χ1n) is 5.14. The lowest BCUT2D eigenvalue weighted by Gasteiger charge is -2.38.